The zero-order valence-corrected chi connectivity index (χ0v) is 10.0. The summed E-state index contributed by atoms with van der Waals surface area (Å²) < 4.78 is 0.325. The molecule has 1 saturated carbocycles. The maximum atomic E-state index is 12.0. The molecule has 1 fully saturated rings. The van der Waals surface area contributed by atoms with Gasteiger partial charge < -0.3 is 4.90 Å². The molecule has 0 aliphatic heterocycles. The Hall–Kier alpha value is -0.680. The Balaban J connectivity index is 2.10. The summed E-state index contributed by atoms with van der Waals surface area (Å²) in [7, 11) is 0. The first-order valence-electron chi connectivity index (χ1n) is 5.02. The molecule has 0 saturated heterocycles. The van der Waals surface area contributed by atoms with Gasteiger partial charge in [-0.3, -0.25) is 4.79 Å². The molecule has 0 unspecified atom stereocenters. The van der Waals surface area contributed by atoms with Gasteiger partial charge in [-0.05, 0) is 30.9 Å². The summed E-state index contributed by atoms with van der Waals surface area (Å²) in [5.41, 5.74) is 0. The predicted molar refractivity (Wildman–Crippen MR) is 59.3 cm³/mol. The molecule has 1 aliphatic rings. The van der Waals surface area contributed by atoms with Crippen molar-refractivity contribution >= 4 is 28.8 Å². The van der Waals surface area contributed by atoms with Crippen LogP contribution in [0.15, 0.2) is 0 Å². The highest BCUT2D eigenvalue weighted by molar-refractivity contribution is 7.17. The van der Waals surface area contributed by atoms with Crippen molar-refractivity contribution in [3.8, 4) is 0 Å². The Labute approximate surface area is 97.3 Å². The minimum atomic E-state index is -0.0243. The highest BCUT2D eigenvalue weighted by Gasteiger charge is 2.33. The molecule has 0 spiro atoms. The van der Waals surface area contributed by atoms with Gasteiger partial charge in [0.25, 0.3) is 5.91 Å². The summed E-state index contributed by atoms with van der Waals surface area (Å²) in [4.78, 5) is 13.9. The number of amides is 1. The molecule has 0 atom stereocenters. The van der Waals surface area contributed by atoms with Crippen molar-refractivity contribution in [1.29, 1.82) is 0 Å². The van der Waals surface area contributed by atoms with Gasteiger partial charge in [0, 0.05) is 12.6 Å². The molecular weight excluding hydrogens is 234 g/mol. The molecule has 15 heavy (non-hydrogen) atoms. The van der Waals surface area contributed by atoms with E-state index in [1.54, 1.807) is 0 Å². The molecule has 1 amide bonds. The van der Waals surface area contributed by atoms with E-state index in [0.717, 1.165) is 37.1 Å². The second-order valence-electron chi connectivity index (χ2n) is 3.59. The quantitative estimate of drug-likeness (QED) is 0.817. The van der Waals surface area contributed by atoms with Gasteiger partial charge in [-0.15, -0.1) is 10.2 Å². The summed E-state index contributed by atoms with van der Waals surface area (Å²) in [5, 5.41) is 7.82. The molecule has 1 aromatic heterocycles. The van der Waals surface area contributed by atoms with E-state index in [4.69, 9.17) is 11.6 Å². The molecule has 4 nitrogen and oxygen atoms in total. The molecular formula is C9H12ClN3OS. The van der Waals surface area contributed by atoms with Crippen molar-refractivity contribution in [2.45, 2.75) is 32.2 Å². The van der Waals surface area contributed by atoms with Gasteiger partial charge in [-0.2, -0.15) is 0 Å². The molecule has 0 bridgehead atoms. The van der Waals surface area contributed by atoms with Crippen LogP contribution in [-0.4, -0.2) is 33.6 Å². The fourth-order valence-electron chi connectivity index (χ4n) is 1.49. The van der Waals surface area contributed by atoms with Crippen molar-refractivity contribution in [1.82, 2.24) is 15.1 Å². The Bertz CT molecular complexity index is 364. The van der Waals surface area contributed by atoms with Crippen LogP contribution in [0.1, 0.15) is 36.0 Å². The lowest BCUT2D eigenvalue weighted by atomic mass is 10.4. The lowest BCUT2D eigenvalue weighted by Gasteiger charge is -2.19. The predicted octanol–water partition coefficient (Wildman–Crippen LogP) is 2.21. The van der Waals surface area contributed by atoms with Crippen LogP contribution in [0.4, 0.5) is 0 Å². The van der Waals surface area contributed by atoms with Crippen LogP contribution in [0.25, 0.3) is 0 Å². The van der Waals surface area contributed by atoms with E-state index in [-0.39, 0.29) is 5.91 Å². The topological polar surface area (TPSA) is 46.1 Å². The van der Waals surface area contributed by atoms with Crippen LogP contribution >= 0.6 is 22.9 Å². The van der Waals surface area contributed by atoms with Gasteiger partial charge in [0.05, 0.1) is 0 Å². The van der Waals surface area contributed by atoms with E-state index in [9.17, 15) is 4.79 Å². The lowest BCUT2D eigenvalue weighted by Crippen LogP contribution is -2.33. The SMILES string of the molecule is CCCN(C(=O)c1nnc(Cl)s1)C1CC1. The summed E-state index contributed by atoms with van der Waals surface area (Å²) >= 11 is 6.80. The van der Waals surface area contributed by atoms with E-state index in [2.05, 4.69) is 17.1 Å². The molecule has 0 radical (unpaired) electrons. The number of halogens is 1. The minimum absolute atomic E-state index is 0.0243. The van der Waals surface area contributed by atoms with Crippen molar-refractivity contribution in [3.05, 3.63) is 9.47 Å². The molecule has 1 aliphatic carbocycles. The van der Waals surface area contributed by atoms with Gasteiger partial charge in [-0.1, -0.05) is 18.3 Å². The van der Waals surface area contributed by atoms with E-state index in [0.29, 0.717) is 15.5 Å². The van der Waals surface area contributed by atoms with E-state index >= 15 is 0 Å². The Kier molecular flexibility index (Phi) is 3.21. The Morgan fingerprint density at radius 2 is 2.33 bits per heavy atom. The number of nitrogens with zero attached hydrogens (tertiary/aromatic N) is 3. The third-order valence-corrected chi connectivity index (χ3v) is 3.30. The Morgan fingerprint density at radius 3 is 2.80 bits per heavy atom. The number of rotatable bonds is 4. The highest BCUT2D eigenvalue weighted by atomic mass is 35.5. The molecule has 0 N–H and O–H groups in total. The number of hydrogen-bond acceptors (Lipinski definition) is 4. The van der Waals surface area contributed by atoms with E-state index in [1.807, 2.05) is 4.90 Å². The molecule has 6 heteroatoms. The lowest BCUT2D eigenvalue weighted by molar-refractivity contribution is 0.0742. The second kappa shape index (κ2) is 4.45. The largest absolute Gasteiger partial charge is 0.334 e. The fraction of sp³-hybridized carbons (Fsp3) is 0.667. The average molecular weight is 246 g/mol. The smallest absolute Gasteiger partial charge is 0.285 e. The van der Waals surface area contributed by atoms with Gasteiger partial charge >= 0.3 is 0 Å². The van der Waals surface area contributed by atoms with Crippen LogP contribution in [0.2, 0.25) is 4.47 Å². The van der Waals surface area contributed by atoms with Gasteiger partial charge in [0.15, 0.2) is 0 Å². The van der Waals surface area contributed by atoms with Crippen molar-refractivity contribution in [2.75, 3.05) is 6.54 Å². The first-order valence-corrected chi connectivity index (χ1v) is 6.21. The normalized spacial score (nSPS) is 15.3. The summed E-state index contributed by atoms with van der Waals surface area (Å²) in [6, 6.07) is 0.417. The first kappa shape index (κ1) is 10.8. The first-order chi connectivity index (χ1) is 7.22. The van der Waals surface area contributed by atoms with Crippen LogP contribution < -0.4 is 0 Å². The van der Waals surface area contributed by atoms with Crippen LogP contribution in [0.5, 0.6) is 0 Å². The van der Waals surface area contributed by atoms with Crippen LogP contribution in [0.3, 0.4) is 0 Å². The third kappa shape index (κ3) is 2.46. The van der Waals surface area contributed by atoms with Gasteiger partial charge in [0.1, 0.15) is 0 Å². The van der Waals surface area contributed by atoms with Crippen molar-refractivity contribution in [2.24, 2.45) is 0 Å². The number of carbonyl (C=O) groups is 1. The van der Waals surface area contributed by atoms with E-state index < -0.39 is 0 Å². The summed E-state index contributed by atoms with van der Waals surface area (Å²) in [5.74, 6) is -0.0243. The maximum absolute atomic E-state index is 12.0. The van der Waals surface area contributed by atoms with Gasteiger partial charge in [0.2, 0.25) is 9.47 Å². The van der Waals surface area contributed by atoms with Crippen LogP contribution in [0, 0.1) is 0 Å². The van der Waals surface area contributed by atoms with Crippen molar-refractivity contribution in [3.63, 3.8) is 0 Å². The van der Waals surface area contributed by atoms with E-state index in [1.165, 1.54) is 0 Å². The van der Waals surface area contributed by atoms with Crippen molar-refractivity contribution < 1.29 is 4.79 Å². The Morgan fingerprint density at radius 1 is 1.60 bits per heavy atom. The monoisotopic (exact) mass is 245 g/mol. The standard InChI is InChI=1S/C9H12ClN3OS/c1-2-5-13(6-3-4-6)8(14)7-11-12-9(10)15-7/h6H,2-5H2,1H3. The van der Waals surface area contributed by atoms with Crippen LogP contribution in [-0.2, 0) is 0 Å². The maximum Gasteiger partial charge on any atom is 0.285 e. The number of aromatic nitrogens is 2. The minimum Gasteiger partial charge on any atom is -0.334 e. The molecule has 0 aromatic carbocycles. The number of hydrogen-bond donors (Lipinski definition) is 0. The molecule has 2 rings (SSSR count). The highest BCUT2D eigenvalue weighted by Crippen LogP contribution is 2.29. The molecule has 82 valence electrons. The zero-order valence-electron chi connectivity index (χ0n) is 8.44. The summed E-state index contributed by atoms with van der Waals surface area (Å²) in [6.45, 7) is 2.86. The number of carbonyl (C=O) groups excluding carboxylic acids is 1. The third-order valence-electron chi connectivity index (χ3n) is 2.30. The fourth-order valence-corrected chi connectivity index (χ4v) is 2.28. The summed E-state index contributed by atoms with van der Waals surface area (Å²) in [6.07, 6.45) is 3.19. The second-order valence-corrected chi connectivity index (χ2v) is 5.15. The van der Waals surface area contributed by atoms with Gasteiger partial charge in [-0.25, -0.2) is 0 Å². The molecule has 1 aromatic rings. The zero-order chi connectivity index (χ0) is 10.8. The average Bonchev–Trinajstić information content (AvgIpc) is 2.96. The molecule has 1 heterocycles.